The van der Waals surface area contributed by atoms with Crippen molar-refractivity contribution < 1.29 is 0 Å². The second-order valence-corrected chi connectivity index (χ2v) is 4.94. The van der Waals surface area contributed by atoms with E-state index < -0.39 is 0 Å². The van der Waals surface area contributed by atoms with E-state index in [1.165, 1.54) is 11.1 Å². The maximum absolute atomic E-state index is 4.46. The van der Waals surface area contributed by atoms with Crippen LogP contribution in [0.5, 0.6) is 0 Å². The molecule has 14 heavy (non-hydrogen) atoms. The van der Waals surface area contributed by atoms with Crippen molar-refractivity contribution in [1.29, 1.82) is 0 Å². The minimum atomic E-state index is 0.141. The number of nitrogens with zero attached hydrogens (tertiary/aromatic N) is 1. The molecule has 0 spiro atoms. The molecule has 1 aromatic heterocycles. The van der Waals surface area contributed by atoms with Gasteiger partial charge in [-0.15, -0.1) is 0 Å². The van der Waals surface area contributed by atoms with Crippen LogP contribution in [0.25, 0.3) is 0 Å². The highest BCUT2D eigenvalue weighted by atomic mass is 14.7. The Kier molecular flexibility index (Phi) is 3.10. The third-order valence-corrected chi connectivity index (χ3v) is 2.10. The van der Waals surface area contributed by atoms with E-state index in [1.807, 2.05) is 13.1 Å². The van der Waals surface area contributed by atoms with E-state index in [9.17, 15) is 0 Å². The lowest BCUT2D eigenvalue weighted by molar-refractivity contribution is 0.568. The molecule has 0 bridgehead atoms. The first kappa shape index (κ1) is 11.0. The van der Waals surface area contributed by atoms with Crippen LogP contribution in [0.1, 0.15) is 39.0 Å². The van der Waals surface area contributed by atoms with Crippen LogP contribution in [0.15, 0.2) is 30.5 Å². The van der Waals surface area contributed by atoms with Crippen molar-refractivity contribution in [2.45, 2.75) is 39.5 Å². The molecule has 0 aliphatic carbocycles. The van der Waals surface area contributed by atoms with Crippen LogP contribution in [-0.4, -0.2) is 4.98 Å². The van der Waals surface area contributed by atoms with Crippen LogP contribution in [0.2, 0.25) is 0 Å². The molecule has 0 saturated carbocycles. The van der Waals surface area contributed by atoms with Crippen molar-refractivity contribution in [2.24, 2.45) is 0 Å². The molecule has 1 rings (SSSR count). The fraction of sp³-hybridized carbons (Fsp3) is 0.462. The monoisotopic (exact) mass is 189 g/mol. The Morgan fingerprint density at radius 3 is 2.36 bits per heavy atom. The molecule has 76 valence electrons. The van der Waals surface area contributed by atoms with Gasteiger partial charge in [0.25, 0.3) is 0 Å². The SMILES string of the molecule is C=C(C)Cc1ccc(C(C)(C)C)nc1. The Labute approximate surface area is 86.9 Å². The van der Waals surface area contributed by atoms with E-state index in [0.717, 1.165) is 12.1 Å². The van der Waals surface area contributed by atoms with Gasteiger partial charge in [0.15, 0.2) is 0 Å². The summed E-state index contributed by atoms with van der Waals surface area (Å²) in [6.07, 6.45) is 2.88. The van der Waals surface area contributed by atoms with Crippen LogP contribution in [0.4, 0.5) is 0 Å². The van der Waals surface area contributed by atoms with Crippen molar-refractivity contribution in [3.63, 3.8) is 0 Å². The van der Waals surface area contributed by atoms with Gasteiger partial charge in [-0.25, -0.2) is 0 Å². The van der Waals surface area contributed by atoms with Gasteiger partial charge in [-0.2, -0.15) is 0 Å². The van der Waals surface area contributed by atoms with E-state index in [1.54, 1.807) is 0 Å². The highest BCUT2D eigenvalue weighted by molar-refractivity contribution is 5.21. The summed E-state index contributed by atoms with van der Waals surface area (Å²) >= 11 is 0. The third-order valence-electron chi connectivity index (χ3n) is 2.10. The summed E-state index contributed by atoms with van der Waals surface area (Å²) in [6.45, 7) is 12.5. The molecule has 1 nitrogen and oxygen atoms in total. The number of allylic oxidation sites excluding steroid dienone is 1. The highest BCUT2D eigenvalue weighted by Crippen LogP contribution is 2.20. The van der Waals surface area contributed by atoms with Crippen LogP contribution < -0.4 is 0 Å². The molecule has 0 fully saturated rings. The zero-order chi connectivity index (χ0) is 10.8. The zero-order valence-electron chi connectivity index (χ0n) is 9.59. The molecule has 0 radical (unpaired) electrons. The number of hydrogen-bond donors (Lipinski definition) is 0. The highest BCUT2D eigenvalue weighted by Gasteiger charge is 2.14. The minimum absolute atomic E-state index is 0.141. The lowest BCUT2D eigenvalue weighted by Crippen LogP contribution is -2.13. The maximum atomic E-state index is 4.46. The van der Waals surface area contributed by atoms with E-state index in [4.69, 9.17) is 0 Å². The van der Waals surface area contributed by atoms with E-state index in [2.05, 4.69) is 44.5 Å². The topological polar surface area (TPSA) is 12.9 Å². The van der Waals surface area contributed by atoms with Gasteiger partial charge in [-0.1, -0.05) is 39.0 Å². The molecule has 0 atom stereocenters. The molecule has 0 N–H and O–H groups in total. The van der Waals surface area contributed by atoms with Gasteiger partial charge in [0.05, 0.1) is 0 Å². The lowest BCUT2D eigenvalue weighted by atomic mass is 9.91. The minimum Gasteiger partial charge on any atom is -0.260 e. The average Bonchev–Trinajstić information content (AvgIpc) is 2.02. The lowest BCUT2D eigenvalue weighted by Gasteiger charge is -2.17. The van der Waals surface area contributed by atoms with Gasteiger partial charge in [-0.3, -0.25) is 4.98 Å². The first-order valence-corrected chi connectivity index (χ1v) is 4.99. The molecule has 0 amide bonds. The van der Waals surface area contributed by atoms with Crippen molar-refractivity contribution in [2.75, 3.05) is 0 Å². The maximum Gasteiger partial charge on any atom is 0.0457 e. The van der Waals surface area contributed by atoms with Gasteiger partial charge >= 0.3 is 0 Å². The van der Waals surface area contributed by atoms with Crippen LogP contribution in [0, 0.1) is 0 Å². The molecule has 1 heteroatoms. The summed E-state index contributed by atoms with van der Waals surface area (Å²) in [5.74, 6) is 0. The summed E-state index contributed by atoms with van der Waals surface area (Å²) < 4.78 is 0. The number of pyridine rings is 1. The van der Waals surface area contributed by atoms with E-state index in [-0.39, 0.29) is 5.41 Å². The normalized spacial score (nSPS) is 11.4. The summed E-state index contributed by atoms with van der Waals surface area (Å²) in [7, 11) is 0. The Morgan fingerprint density at radius 2 is 2.00 bits per heavy atom. The molecule has 0 aliphatic heterocycles. The van der Waals surface area contributed by atoms with Gasteiger partial charge < -0.3 is 0 Å². The van der Waals surface area contributed by atoms with Crippen LogP contribution in [0.3, 0.4) is 0 Å². The largest absolute Gasteiger partial charge is 0.260 e. The zero-order valence-corrected chi connectivity index (χ0v) is 9.59. The Morgan fingerprint density at radius 1 is 1.36 bits per heavy atom. The quantitative estimate of drug-likeness (QED) is 0.649. The smallest absolute Gasteiger partial charge is 0.0457 e. The Hall–Kier alpha value is -1.11. The van der Waals surface area contributed by atoms with Gasteiger partial charge in [-0.05, 0) is 25.0 Å². The predicted molar refractivity (Wildman–Crippen MR) is 61.5 cm³/mol. The molecule has 0 aliphatic rings. The predicted octanol–water partition coefficient (Wildman–Crippen LogP) is 3.50. The van der Waals surface area contributed by atoms with Crippen molar-refractivity contribution in [1.82, 2.24) is 4.98 Å². The Balaban J connectivity index is 2.84. The second-order valence-electron chi connectivity index (χ2n) is 4.94. The summed E-state index contributed by atoms with van der Waals surface area (Å²) in [4.78, 5) is 4.46. The van der Waals surface area contributed by atoms with Crippen molar-refractivity contribution >= 4 is 0 Å². The molecule has 1 aromatic rings. The fourth-order valence-corrected chi connectivity index (χ4v) is 1.32. The standard InChI is InChI=1S/C13H19N/c1-10(2)8-11-6-7-12(14-9-11)13(3,4)5/h6-7,9H,1,8H2,2-5H3. The molecular weight excluding hydrogens is 170 g/mol. The second kappa shape index (κ2) is 3.95. The van der Waals surface area contributed by atoms with Crippen LogP contribution >= 0.6 is 0 Å². The molecule has 0 saturated heterocycles. The van der Waals surface area contributed by atoms with E-state index in [0.29, 0.717) is 0 Å². The first-order chi connectivity index (χ1) is 6.39. The third kappa shape index (κ3) is 2.99. The molecule has 0 aromatic carbocycles. The van der Waals surface area contributed by atoms with Crippen LogP contribution in [-0.2, 0) is 11.8 Å². The van der Waals surface area contributed by atoms with Gasteiger partial charge in [0.2, 0.25) is 0 Å². The Bertz CT molecular complexity index is 314. The number of rotatable bonds is 2. The molecular formula is C13H19N. The van der Waals surface area contributed by atoms with Gasteiger partial charge in [0, 0.05) is 17.3 Å². The number of aromatic nitrogens is 1. The summed E-state index contributed by atoms with van der Waals surface area (Å²) in [5.41, 5.74) is 3.70. The van der Waals surface area contributed by atoms with Crippen molar-refractivity contribution in [3.05, 3.63) is 41.7 Å². The summed E-state index contributed by atoms with van der Waals surface area (Å²) in [6, 6.07) is 4.25. The molecule has 1 heterocycles. The fourth-order valence-electron chi connectivity index (χ4n) is 1.32. The average molecular weight is 189 g/mol. The summed E-state index contributed by atoms with van der Waals surface area (Å²) in [5, 5.41) is 0. The van der Waals surface area contributed by atoms with Crippen molar-refractivity contribution in [3.8, 4) is 0 Å². The van der Waals surface area contributed by atoms with E-state index >= 15 is 0 Å². The molecule has 0 unspecified atom stereocenters. The van der Waals surface area contributed by atoms with Gasteiger partial charge in [0.1, 0.15) is 0 Å². The number of hydrogen-bond acceptors (Lipinski definition) is 1. The first-order valence-electron chi connectivity index (χ1n) is 4.99.